The number of primary amides is 1. The fraction of sp³-hybridized carbons (Fsp3) is 0.0526. The van der Waals surface area contributed by atoms with Crippen LogP contribution in [0.5, 0.6) is 0 Å². The first-order chi connectivity index (χ1) is 12.5. The Balaban J connectivity index is 1.80. The number of H-pyrrole nitrogens is 1. The summed E-state index contributed by atoms with van der Waals surface area (Å²) in [5, 5.41) is 4.87. The zero-order chi connectivity index (χ0) is 18.3. The van der Waals surface area contributed by atoms with Gasteiger partial charge in [-0.3, -0.25) is 14.3 Å². The van der Waals surface area contributed by atoms with Crippen LogP contribution in [0.2, 0.25) is 0 Å². The summed E-state index contributed by atoms with van der Waals surface area (Å²) in [4.78, 5) is 31.7. The van der Waals surface area contributed by atoms with Crippen molar-refractivity contribution in [1.82, 2.24) is 19.7 Å². The number of pyridine rings is 1. The number of amides is 1. The highest BCUT2D eigenvalue weighted by Crippen LogP contribution is 2.26. The Hall–Kier alpha value is -3.74. The molecule has 0 fully saturated rings. The maximum Gasteiger partial charge on any atom is 0.248 e. The van der Waals surface area contributed by atoms with E-state index >= 15 is 0 Å². The van der Waals surface area contributed by atoms with Crippen LogP contribution in [0.1, 0.15) is 26.3 Å². The molecule has 0 aliphatic rings. The molecule has 3 aromatic heterocycles. The second-order valence-corrected chi connectivity index (χ2v) is 6.00. The predicted molar refractivity (Wildman–Crippen MR) is 96.7 cm³/mol. The first-order valence-corrected chi connectivity index (χ1v) is 7.93. The molecule has 1 amide bonds. The Morgan fingerprint density at radius 1 is 1.12 bits per heavy atom. The van der Waals surface area contributed by atoms with Gasteiger partial charge >= 0.3 is 0 Å². The van der Waals surface area contributed by atoms with Crippen LogP contribution in [0.4, 0.5) is 0 Å². The predicted octanol–water partition coefficient (Wildman–Crippen LogP) is 2.29. The summed E-state index contributed by atoms with van der Waals surface area (Å²) in [6, 6.07) is 8.28. The minimum absolute atomic E-state index is 0.204. The number of carbonyl (C=O) groups is 2. The molecule has 0 saturated heterocycles. The number of aromatic nitrogens is 4. The highest BCUT2D eigenvalue weighted by Gasteiger charge is 2.17. The van der Waals surface area contributed by atoms with Gasteiger partial charge in [0.1, 0.15) is 5.65 Å². The van der Waals surface area contributed by atoms with Gasteiger partial charge in [-0.1, -0.05) is 12.1 Å². The van der Waals surface area contributed by atoms with E-state index in [-0.39, 0.29) is 5.78 Å². The van der Waals surface area contributed by atoms with Crippen molar-refractivity contribution in [1.29, 1.82) is 0 Å². The van der Waals surface area contributed by atoms with Gasteiger partial charge in [0.15, 0.2) is 5.78 Å². The lowest BCUT2D eigenvalue weighted by molar-refractivity contribution is 0.1000. The van der Waals surface area contributed by atoms with E-state index in [0.29, 0.717) is 27.7 Å². The fourth-order valence-electron chi connectivity index (χ4n) is 2.89. The number of nitrogens with one attached hydrogen (secondary N) is 1. The summed E-state index contributed by atoms with van der Waals surface area (Å²) in [6.07, 6.45) is 6.99. The Labute approximate surface area is 148 Å². The SMILES string of the molecule is Cn1cc(-c2cnc3[nH]cc(C(=O)c4cccc(C(N)=O)c4)c3c2)cn1. The largest absolute Gasteiger partial charge is 0.366 e. The molecule has 0 aliphatic heterocycles. The lowest BCUT2D eigenvalue weighted by Crippen LogP contribution is -2.12. The van der Waals surface area contributed by atoms with Crippen molar-refractivity contribution in [3.8, 4) is 11.1 Å². The number of rotatable bonds is 4. The summed E-state index contributed by atoms with van der Waals surface area (Å²) >= 11 is 0. The molecule has 128 valence electrons. The van der Waals surface area contributed by atoms with Crippen molar-refractivity contribution in [3.63, 3.8) is 0 Å². The molecule has 0 bridgehead atoms. The summed E-state index contributed by atoms with van der Waals surface area (Å²) in [6.45, 7) is 0. The smallest absolute Gasteiger partial charge is 0.248 e. The van der Waals surface area contributed by atoms with Crippen molar-refractivity contribution in [2.75, 3.05) is 0 Å². The normalized spacial score (nSPS) is 11.0. The third-order valence-corrected chi connectivity index (χ3v) is 4.22. The number of ketones is 1. The standard InChI is InChI=1S/C19H15N5O2/c1-24-10-14(8-23-24)13-6-15-16(9-22-19(15)21-7-13)17(25)11-3-2-4-12(5-11)18(20)26/h2-10H,1H3,(H2,20,26)(H,21,22). The number of hydrogen-bond acceptors (Lipinski definition) is 4. The van der Waals surface area contributed by atoms with E-state index in [1.807, 2.05) is 19.3 Å². The number of hydrogen-bond donors (Lipinski definition) is 2. The van der Waals surface area contributed by atoms with Crippen LogP contribution in [0.15, 0.2) is 55.1 Å². The number of carbonyl (C=O) groups excluding carboxylic acids is 2. The number of benzene rings is 1. The first-order valence-electron chi connectivity index (χ1n) is 7.93. The van der Waals surface area contributed by atoms with Gasteiger partial charge in [0.25, 0.3) is 0 Å². The lowest BCUT2D eigenvalue weighted by atomic mass is 10.0. The summed E-state index contributed by atoms with van der Waals surface area (Å²) < 4.78 is 1.71. The van der Waals surface area contributed by atoms with E-state index < -0.39 is 5.91 Å². The summed E-state index contributed by atoms with van der Waals surface area (Å²) in [5.41, 5.74) is 8.88. The van der Waals surface area contributed by atoms with Crippen molar-refractivity contribution in [2.45, 2.75) is 0 Å². The summed E-state index contributed by atoms with van der Waals surface area (Å²) in [5.74, 6) is -0.774. The molecular weight excluding hydrogens is 330 g/mol. The molecule has 0 atom stereocenters. The molecule has 0 aliphatic carbocycles. The summed E-state index contributed by atoms with van der Waals surface area (Å²) in [7, 11) is 1.84. The van der Waals surface area contributed by atoms with Crippen LogP contribution in [0.25, 0.3) is 22.2 Å². The van der Waals surface area contributed by atoms with Crippen molar-refractivity contribution >= 4 is 22.7 Å². The molecule has 4 rings (SSSR count). The van der Waals surface area contributed by atoms with Crippen LogP contribution >= 0.6 is 0 Å². The van der Waals surface area contributed by atoms with Gasteiger partial charge in [0.2, 0.25) is 5.91 Å². The molecule has 4 aromatic rings. The number of aromatic amines is 1. The molecule has 26 heavy (non-hydrogen) atoms. The third-order valence-electron chi connectivity index (χ3n) is 4.22. The highest BCUT2D eigenvalue weighted by molar-refractivity contribution is 6.16. The molecule has 0 radical (unpaired) electrons. The van der Waals surface area contributed by atoms with E-state index in [9.17, 15) is 9.59 Å². The molecule has 3 heterocycles. The number of nitrogens with zero attached hydrogens (tertiary/aromatic N) is 3. The molecule has 0 saturated carbocycles. The van der Waals surface area contributed by atoms with Gasteiger partial charge in [0, 0.05) is 58.8 Å². The van der Waals surface area contributed by atoms with E-state index in [0.717, 1.165) is 11.1 Å². The number of nitrogens with two attached hydrogens (primary N) is 1. The first kappa shape index (κ1) is 15.8. The van der Waals surface area contributed by atoms with Crippen LogP contribution in [0.3, 0.4) is 0 Å². The van der Waals surface area contributed by atoms with Crippen molar-refractivity contribution in [3.05, 3.63) is 71.8 Å². The maximum atomic E-state index is 12.9. The van der Waals surface area contributed by atoms with Crippen molar-refractivity contribution < 1.29 is 9.59 Å². The van der Waals surface area contributed by atoms with Gasteiger partial charge in [-0.15, -0.1) is 0 Å². The van der Waals surface area contributed by atoms with Gasteiger partial charge in [-0.05, 0) is 18.2 Å². The molecule has 7 nitrogen and oxygen atoms in total. The Bertz CT molecular complexity index is 1160. The Kier molecular flexibility index (Phi) is 3.62. The van der Waals surface area contributed by atoms with E-state index in [2.05, 4.69) is 15.1 Å². The van der Waals surface area contributed by atoms with E-state index in [4.69, 9.17) is 5.73 Å². The monoisotopic (exact) mass is 345 g/mol. The fourth-order valence-corrected chi connectivity index (χ4v) is 2.89. The van der Waals surface area contributed by atoms with E-state index in [1.165, 1.54) is 6.07 Å². The zero-order valence-corrected chi connectivity index (χ0v) is 13.9. The van der Waals surface area contributed by atoms with Gasteiger partial charge in [-0.25, -0.2) is 4.98 Å². The second kappa shape index (κ2) is 5.96. The minimum atomic E-state index is -0.570. The molecule has 0 spiro atoms. The van der Waals surface area contributed by atoms with Gasteiger partial charge in [-0.2, -0.15) is 5.10 Å². The molecule has 1 aromatic carbocycles. The third kappa shape index (κ3) is 2.65. The van der Waals surface area contributed by atoms with Crippen molar-refractivity contribution in [2.24, 2.45) is 12.8 Å². The molecule has 3 N–H and O–H groups in total. The van der Waals surface area contributed by atoms with Gasteiger partial charge < -0.3 is 10.7 Å². The average molecular weight is 345 g/mol. The van der Waals surface area contributed by atoms with Gasteiger partial charge in [0.05, 0.1) is 6.20 Å². The average Bonchev–Trinajstić information content (AvgIpc) is 3.26. The van der Waals surface area contributed by atoms with Crippen LogP contribution in [0, 0.1) is 0 Å². The second-order valence-electron chi connectivity index (χ2n) is 6.00. The molecule has 7 heteroatoms. The topological polar surface area (TPSA) is 107 Å². The molecular formula is C19H15N5O2. The highest BCUT2D eigenvalue weighted by atomic mass is 16.1. The lowest BCUT2D eigenvalue weighted by Gasteiger charge is -2.03. The zero-order valence-electron chi connectivity index (χ0n) is 13.9. The number of aryl methyl sites for hydroxylation is 1. The maximum absolute atomic E-state index is 12.9. The quantitative estimate of drug-likeness (QED) is 0.553. The van der Waals surface area contributed by atoms with Crippen LogP contribution in [-0.2, 0) is 7.05 Å². The molecule has 0 unspecified atom stereocenters. The minimum Gasteiger partial charge on any atom is -0.366 e. The van der Waals surface area contributed by atoms with Crippen LogP contribution in [-0.4, -0.2) is 31.4 Å². The van der Waals surface area contributed by atoms with E-state index in [1.54, 1.807) is 41.5 Å². The number of fused-ring (bicyclic) bond motifs is 1. The Morgan fingerprint density at radius 3 is 2.65 bits per heavy atom. The van der Waals surface area contributed by atoms with Crippen LogP contribution < -0.4 is 5.73 Å². The Morgan fingerprint density at radius 2 is 1.92 bits per heavy atom.